The van der Waals surface area contributed by atoms with E-state index < -0.39 is 30.7 Å². The molecule has 9 heteroatoms. The Kier molecular flexibility index (Phi) is 31.5. The fraction of sp³-hybridized carbons (Fsp3) is 1.00. The van der Waals surface area contributed by atoms with E-state index in [0.29, 0.717) is 25.7 Å². The van der Waals surface area contributed by atoms with Gasteiger partial charge in [0.25, 0.3) is 0 Å². The molecule has 0 aliphatic rings. The van der Waals surface area contributed by atoms with Crippen molar-refractivity contribution in [1.82, 2.24) is 0 Å². The minimum atomic E-state index is -4.09. The van der Waals surface area contributed by atoms with Gasteiger partial charge in [-0.05, 0) is 25.7 Å². The van der Waals surface area contributed by atoms with Gasteiger partial charge in [-0.1, -0.05) is 130 Å². The molecule has 0 atom stereocenters. The maximum absolute atomic E-state index is 11.1. The number of unbranched alkanes of at least 4 members (excludes halogenated alkanes) is 12. The van der Waals surface area contributed by atoms with E-state index in [0.717, 1.165) is 103 Å². The fourth-order valence-electron chi connectivity index (χ4n) is 4.06. The largest absolute Gasteiger partial charge is 2.00 e. The van der Waals surface area contributed by atoms with Gasteiger partial charge < -0.3 is 9.11 Å². The van der Waals surface area contributed by atoms with Gasteiger partial charge in [0.05, 0.1) is 20.2 Å². The summed E-state index contributed by atoms with van der Waals surface area (Å²) in [7, 11) is -8.18. The topological polar surface area (TPSA) is 114 Å². The summed E-state index contributed by atoms with van der Waals surface area (Å²) in [5, 5.41) is -1.28. The van der Waals surface area contributed by atoms with Gasteiger partial charge in [-0.3, -0.25) is 0 Å². The van der Waals surface area contributed by atoms with Gasteiger partial charge in [0.15, 0.2) is 0 Å². The van der Waals surface area contributed by atoms with Crippen LogP contribution in [0.15, 0.2) is 0 Å². The summed E-state index contributed by atoms with van der Waals surface area (Å²) >= 11 is 0. The van der Waals surface area contributed by atoms with E-state index in [4.69, 9.17) is 0 Å². The van der Waals surface area contributed by atoms with Crippen LogP contribution in [-0.2, 0) is 20.2 Å². The van der Waals surface area contributed by atoms with Crippen LogP contribution in [0.25, 0.3) is 0 Å². The average molecular weight is 664 g/mol. The third-order valence-corrected chi connectivity index (χ3v) is 8.91. The zero-order chi connectivity index (χ0) is 26.3. The SMILES string of the molecule is CCCCCCC(CCCCCC)S(=O)(=O)[O-].CCCCCCC(CCCCCC)S(=O)(=O)[O-].[Ba+2]. The quantitative estimate of drug-likeness (QED) is 0.0682. The summed E-state index contributed by atoms with van der Waals surface area (Å²) in [5.41, 5.74) is 0. The van der Waals surface area contributed by atoms with Gasteiger partial charge in [0, 0.05) is 10.5 Å². The smallest absolute Gasteiger partial charge is 0.748 e. The predicted octanol–water partition coefficient (Wildman–Crippen LogP) is 7.30. The fourth-order valence-corrected chi connectivity index (χ4v) is 5.88. The number of hydrogen-bond donors (Lipinski definition) is 0. The molecule has 0 fully saturated rings. The van der Waals surface area contributed by atoms with E-state index in [2.05, 4.69) is 27.7 Å². The molecule has 6 nitrogen and oxygen atoms in total. The van der Waals surface area contributed by atoms with E-state index in [-0.39, 0.29) is 48.9 Å². The van der Waals surface area contributed by atoms with E-state index in [9.17, 15) is 25.9 Å². The van der Waals surface area contributed by atoms with Crippen LogP contribution in [0.4, 0.5) is 0 Å². The van der Waals surface area contributed by atoms with Crippen molar-refractivity contribution in [3.63, 3.8) is 0 Å². The molecule has 0 saturated heterocycles. The second kappa shape index (κ2) is 27.0. The number of hydrogen-bond acceptors (Lipinski definition) is 6. The van der Waals surface area contributed by atoms with Crippen molar-refractivity contribution in [2.24, 2.45) is 0 Å². The van der Waals surface area contributed by atoms with Gasteiger partial charge in [-0.2, -0.15) is 0 Å². The first kappa shape index (κ1) is 40.9. The van der Waals surface area contributed by atoms with Crippen LogP contribution < -0.4 is 0 Å². The summed E-state index contributed by atoms with van der Waals surface area (Å²) in [5.74, 6) is 0. The third kappa shape index (κ3) is 28.2. The molecular formula is C26H54BaO6S2. The van der Waals surface area contributed by atoms with Gasteiger partial charge >= 0.3 is 48.9 Å². The van der Waals surface area contributed by atoms with Crippen LogP contribution in [0.5, 0.6) is 0 Å². The maximum Gasteiger partial charge on any atom is 2.00 e. The number of rotatable bonds is 22. The Balaban J connectivity index is -0.000000569. The van der Waals surface area contributed by atoms with Crippen molar-refractivity contribution < 1.29 is 25.9 Å². The van der Waals surface area contributed by atoms with Gasteiger partial charge in [0.2, 0.25) is 0 Å². The molecule has 0 aliphatic carbocycles. The molecule has 0 aromatic heterocycles. The Labute approximate surface area is 259 Å². The minimum Gasteiger partial charge on any atom is -0.748 e. The molecule has 35 heavy (non-hydrogen) atoms. The Morgan fingerprint density at radius 2 is 0.629 bits per heavy atom. The first-order valence-corrected chi connectivity index (χ1v) is 16.9. The van der Waals surface area contributed by atoms with Crippen LogP contribution in [0, 0.1) is 0 Å². The molecule has 208 valence electrons. The summed E-state index contributed by atoms with van der Waals surface area (Å²) in [6.45, 7) is 8.47. The van der Waals surface area contributed by atoms with E-state index in [1.165, 1.54) is 0 Å². The second-order valence-electron chi connectivity index (χ2n) is 9.63. The van der Waals surface area contributed by atoms with Crippen LogP contribution in [-0.4, -0.2) is 85.3 Å². The van der Waals surface area contributed by atoms with E-state index in [1.54, 1.807) is 0 Å². The van der Waals surface area contributed by atoms with Crippen molar-refractivity contribution in [2.75, 3.05) is 0 Å². The Bertz CT molecular complexity index is 558. The molecule has 0 heterocycles. The van der Waals surface area contributed by atoms with Crippen molar-refractivity contribution in [2.45, 2.75) is 167 Å². The predicted molar refractivity (Wildman–Crippen MR) is 148 cm³/mol. The standard InChI is InChI=1S/2C13H28O3S.Ba/c2*1-3-5-7-9-11-13(17(14,15)16)12-10-8-6-4-2;/h2*13H,3-12H2,1-2H3,(H,14,15,16);/q;;+2/p-2. The molecule has 0 spiro atoms. The van der Waals surface area contributed by atoms with E-state index >= 15 is 0 Å². The normalized spacial score (nSPS) is 11.9. The molecule has 0 unspecified atom stereocenters. The Morgan fingerprint density at radius 1 is 0.429 bits per heavy atom. The van der Waals surface area contributed by atoms with Crippen LogP contribution >= 0.6 is 0 Å². The average Bonchev–Trinajstić information content (AvgIpc) is 2.75. The second-order valence-corrected chi connectivity index (χ2v) is 12.9. The molecular weight excluding hydrogens is 610 g/mol. The Morgan fingerprint density at radius 3 is 0.771 bits per heavy atom. The first-order chi connectivity index (χ1) is 16.0. The van der Waals surface area contributed by atoms with Crippen LogP contribution in [0.1, 0.15) is 156 Å². The third-order valence-electron chi connectivity index (χ3n) is 6.34. The van der Waals surface area contributed by atoms with Crippen molar-refractivity contribution in [1.29, 1.82) is 0 Å². The van der Waals surface area contributed by atoms with E-state index in [1.807, 2.05) is 0 Å². The molecule has 0 saturated carbocycles. The molecule has 0 aromatic carbocycles. The molecule has 0 rings (SSSR count). The maximum atomic E-state index is 11.1. The first-order valence-electron chi connectivity index (χ1n) is 13.9. The molecule has 0 N–H and O–H groups in total. The zero-order valence-electron chi connectivity index (χ0n) is 23.3. The summed E-state index contributed by atoms with van der Waals surface area (Å²) in [6, 6.07) is 0. The molecule has 0 bridgehead atoms. The minimum absolute atomic E-state index is 0. The van der Waals surface area contributed by atoms with Gasteiger partial charge in [0.1, 0.15) is 0 Å². The summed E-state index contributed by atoms with van der Waals surface area (Å²) in [6.07, 6.45) is 18.9. The van der Waals surface area contributed by atoms with Crippen molar-refractivity contribution in [3.05, 3.63) is 0 Å². The van der Waals surface area contributed by atoms with Crippen molar-refractivity contribution >= 4 is 69.1 Å². The Hall–Kier alpha value is 1.39. The monoisotopic (exact) mass is 664 g/mol. The van der Waals surface area contributed by atoms with Crippen LogP contribution in [0.3, 0.4) is 0 Å². The zero-order valence-corrected chi connectivity index (χ0v) is 29.3. The molecule has 0 aliphatic heterocycles. The molecule has 0 aromatic rings. The summed E-state index contributed by atoms with van der Waals surface area (Å²) in [4.78, 5) is 0. The van der Waals surface area contributed by atoms with Crippen LogP contribution in [0.2, 0.25) is 0 Å². The van der Waals surface area contributed by atoms with Crippen molar-refractivity contribution in [3.8, 4) is 0 Å². The summed E-state index contributed by atoms with van der Waals surface area (Å²) < 4.78 is 66.6. The molecule has 0 radical (unpaired) electrons. The van der Waals surface area contributed by atoms with Gasteiger partial charge in [-0.15, -0.1) is 0 Å². The molecule has 0 amide bonds. The van der Waals surface area contributed by atoms with Gasteiger partial charge in [-0.25, -0.2) is 16.8 Å².